The van der Waals surface area contributed by atoms with Gasteiger partial charge in [-0.15, -0.1) is 0 Å². The SMILES string of the molecule is COCCN1CC[C@H]2C(C)(C)C(=O)C(C#N)=C[C@]2(c2ccccc2)C1=O. The van der Waals surface area contributed by atoms with Crippen LogP contribution in [0.4, 0.5) is 0 Å². The molecule has 136 valence electrons. The lowest BCUT2D eigenvalue weighted by Gasteiger charge is -2.53. The fourth-order valence-corrected chi connectivity index (χ4v) is 4.54. The molecule has 1 amide bonds. The molecule has 1 aromatic rings. The number of nitriles is 1. The number of methoxy groups -OCH3 is 1. The number of ketones is 1. The third-order valence-electron chi connectivity index (χ3n) is 5.89. The Morgan fingerprint density at radius 3 is 2.58 bits per heavy atom. The van der Waals surface area contributed by atoms with Gasteiger partial charge in [-0.05, 0) is 24.0 Å². The Bertz CT molecular complexity index is 791. The van der Waals surface area contributed by atoms with E-state index in [-0.39, 0.29) is 23.2 Å². The molecule has 0 bridgehead atoms. The van der Waals surface area contributed by atoms with Gasteiger partial charge in [0.05, 0.1) is 17.6 Å². The molecule has 1 saturated heterocycles. The topological polar surface area (TPSA) is 70.4 Å². The second-order valence-corrected chi connectivity index (χ2v) is 7.58. The van der Waals surface area contributed by atoms with Gasteiger partial charge in [-0.3, -0.25) is 9.59 Å². The third-order valence-corrected chi connectivity index (χ3v) is 5.89. The fraction of sp³-hybridized carbons (Fsp3) is 0.476. The minimum absolute atomic E-state index is 0.0506. The molecule has 2 atom stereocenters. The summed E-state index contributed by atoms with van der Waals surface area (Å²) in [5, 5.41) is 9.55. The van der Waals surface area contributed by atoms with Crippen molar-refractivity contribution in [3.8, 4) is 6.07 Å². The Labute approximate surface area is 154 Å². The molecular weight excluding hydrogens is 328 g/mol. The monoisotopic (exact) mass is 352 g/mol. The first-order chi connectivity index (χ1) is 12.4. The Morgan fingerprint density at radius 1 is 1.27 bits per heavy atom. The summed E-state index contributed by atoms with van der Waals surface area (Å²) in [5.41, 5.74) is -0.850. The van der Waals surface area contributed by atoms with Gasteiger partial charge in [-0.2, -0.15) is 5.26 Å². The predicted octanol–water partition coefficient (Wildman–Crippen LogP) is 2.48. The Morgan fingerprint density at radius 2 is 1.96 bits per heavy atom. The van der Waals surface area contributed by atoms with Crippen molar-refractivity contribution in [2.75, 3.05) is 26.8 Å². The highest BCUT2D eigenvalue weighted by molar-refractivity contribution is 6.08. The second kappa shape index (κ2) is 6.69. The molecule has 5 nitrogen and oxygen atoms in total. The van der Waals surface area contributed by atoms with E-state index in [1.54, 1.807) is 18.1 Å². The summed E-state index contributed by atoms with van der Waals surface area (Å²) in [5.74, 6) is -0.409. The van der Waals surface area contributed by atoms with Gasteiger partial charge in [0.1, 0.15) is 6.07 Å². The van der Waals surface area contributed by atoms with Crippen LogP contribution >= 0.6 is 0 Å². The number of rotatable bonds is 4. The molecule has 1 heterocycles. The lowest BCUT2D eigenvalue weighted by Crippen LogP contribution is -2.62. The van der Waals surface area contributed by atoms with E-state index in [0.717, 1.165) is 5.56 Å². The molecule has 0 unspecified atom stereocenters. The van der Waals surface area contributed by atoms with Crippen LogP contribution in [0.3, 0.4) is 0 Å². The van der Waals surface area contributed by atoms with Crippen molar-refractivity contribution in [2.24, 2.45) is 11.3 Å². The summed E-state index contributed by atoms with van der Waals surface area (Å²) < 4.78 is 5.15. The molecule has 0 aromatic heterocycles. The van der Waals surface area contributed by atoms with Gasteiger partial charge < -0.3 is 9.64 Å². The van der Waals surface area contributed by atoms with Crippen molar-refractivity contribution in [3.05, 3.63) is 47.5 Å². The van der Waals surface area contributed by atoms with Crippen LogP contribution in [-0.2, 0) is 19.7 Å². The van der Waals surface area contributed by atoms with Crippen molar-refractivity contribution in [1.82, 2.24) is 4.90 Å². The number of carbonyl (C=O) groups is 2. The van der Waals surface area contributed by atoms with Gasteiger partial charge in [0.2, 0.25) is 5.91 Å². The molecule has 1 aliphatic carbocycles. The van der Waals surface area contributed by atoms with Crippen LogP contribution in [0.5, 0.6) is 0 Å². The standard InChI is InChI=1S/C21H24N2O3/c1-20(2)17-9-10-23(11-12-26-3)19(25)21(17,13-15(14-22)18(20)24)16-7-5-4-6-8-16/h4-8,13,17H,9-12H2,1-3H3/t17-,21+/m0/s1. The normalized spacial score (nSPS) is 27.5. The first kappa shape index (κ1) is 18.3. The van der Waals surface area contributed by atoms with Crippen molar-refractivity contribution in [1.29, 1.82) is 5.26 Å². The maximum absolute atomic E-state index is 13.6. The summed E-state index contributed by atoms with van der Waals surface area (Å²) in [6.07, 6.45) is 2.33. The predicted molar refractivity (Wildman–Crippen MR) is 97.2 cm³/mol. The molecule has 1 aliphatic heterocycles. The molecule has 1 fully saturated rings. The largest absolute Gasteiger partial charge is 0.383 e. The Balaban J connectivity index is 2.23. The van der Waals surface area contributed by atoms with E-state index in [2.05, 4.69) is 0 Å². The number of benzene rings is 1. The minimum Gasteiger partial charge on any atom is -0.383 e. The van der Waals surface area contributed by atoms with E-state index in [0.29, 0.717) is 26.1 Å². The number of hydrogen-bond acceptors (Lipinski definition) is 4. The van der Waals surface area contributed by atoms with Crippen LogP contribution < -0.4 is 0 Å². The maximum Gasteiger partial charge on any atom is 0.237 e. The Hall–Kier alpha value is -2.45. The van der Waals surface area contributed by atoms with Crippen LogP contribution in [-0.4, -0.2) is 43.4 Å². The van der Waals surface area contributed by atoms with E-state index in [4.69, 9.17) is 4.74 Å². The zero-order chi connectivity index (χ0) is 18.9. The van der Waals surface area contributed by atoms with Crippen molar-refractivity contribution in [3.63, 3.8) is 0 Å². The number of carbonyl (C=O) groups excluding carboxylic acids is 2. The van der Waals surface area contributed by atoms with Gasteiger partial charge in [-0.25, -0.2) is 0 Å². The quantitative estimate of drug-likeness (QED) is 0.835. The van der Waals surface area contributed by atoms with E-state index in [1.165, 1.54) is 0 Å². The molecule has 0 spiro atoms. The summed E-state index contributed by atoms with van der Waals surface area (Å²) in [7, 11) is 1.61. The average molecular weight is 352 g/mol. The fourth-order valence-electron chi connectivity index (χ4n) is 4.54. The van der Waals surface area contributed by atoms with Crippen LogP contribution in [0, 0.1) is 22.7 Å². The van der Waals surface area contributed by atoms with Crippen molar-refractivity contribution >= 4 is 11.7 Å². The lowest BCUT2D eigenvalue weighted by atomic mass is 9.52. The van der Waals surface area contributed by atoms with E-state index >= 15 is 0 Å². The number of allylic oxidation sites excluding steroid dienone is 1. The smallest absolute Gasteiger partial charge is 0.237 e. The second-order valence-electron chi connectivity index (χ2n) is 7.58. The van der Waals surface area contributed by atoms with Crippen molar-refractivity contribution in [2.45, 2.75) is 25.7 Å². The number of fused-ring (bicyclic) bond motifs is 1. The number of Topliss-reactive ketones (excluding diaryl/α,β-unsaturated/α-hetero) is 1. The molecule has 1 aromatic carbocycles. The summed E-state index contributed by atoms with van der Waals surface area (Å²) in [6, 6.07) is 11.6. The zero-order valence-corrected chi connectivity index (χ0v) is 15.5. The van der Waals surface area contributed by atoms with Crippen LogP contribution in [0.2, 0.25) is 0 Å². The van der Waals surface area contributed by atoms with E-state index in [1.807, 2.05) is 50.2 Å². The molecule has 5 heteroatoms. The molecule has 2 aliphatic rings. The van der Waals surface area contributed by atoms with Gasteiger partial charge in [-0.1, -0.05) is 44.2 Å². The third kappa shape index (κ3) is 2.57. The molecule has 26 heavy (non-hydrogen) atoms. The first-order valence-electron chi connectivity index (χ1n) is 8.91. The number of hydrogen-bond donors (Lipinski definition) is 0. The van der Waals surface area contributed by atoms with E-state index in [9.17, 15) is 14.9 Å². The van der Waals surface area contributed by atoms with Crippen molar-refractivity contribution < 1.29 is 14.3 Å². The minimum atomic E-state index is -0.990. The highest BCUT2D eigenvalue weighted by atomic mass is 16.5. The molecule has 3 rings (SSSR count). The summed E-state index contributed by atoms with van der Waals surface area (Å²) in [6.45, 7) is 5.27. The van der Waals surface area contributed by atoms with Crippen LogP contribution in [0.25, 0.3) is 0 Å². The molecular formula is C21H24N2O3. The van der Waals surface area contributed by atoms with Gasteiger partial charge in [0.25, 0.3) is 0 Å². The first-order valence-corrected chi connectivity index (χ1v) is 8.91. The number of likely N-dealkylation sites (tertiary alicyclic amines) is 1. The Kier molecular flexibility index (Phi) is 4.72. The average Bonchev–Trinajstić information content (AvgIpc) is 2.65. The maximum atomic E-state index is 13.6. The lowest BCUT2D eigenvalue weighted by molar-refractivity contribution is -0.149. The number of piperidine rings is 1. The number of amides is 1. The van der Waals surface area contributed by atoms with Gasteiger partial charge in [0, 0.05) is 25.6 Å². The summed E-state index contributed by atoms with van der Waals surface area (Å²) >= 11 is 0. The molecule has 0 N–H and O–H groups in total. The van der Waals surface area contributed by atoms with E-state index < -0.39 is 10.8 Å². The number of ether oxygens (including phenoxy) is 1. The zero-order valence-electron chi connectivity index (χ0n) is 15.5. The number of nitrogens with zero attached hydrogens (tertiary/aromatic N) is 2. The molecule has 0 radical (unpaired) electrons. The van der Waals surface area contributed by atoms with Gasteiger partial charge in [0.15, 0.2) is 5.78 Å². The highest BCUT2D eigenvalue weighted by Crippen LogP contribution is 2.53. The highest BCUT2D eigenvalue weighted by Gasteiger charge is 2.60. The molecule has 0 saturated carbocycles. The van der Waals surface area contributed by atoms with Crippen LogP contribution in [0.15, 0.2) is 42.0 Å². The summed E-state index contributed by atoms with van der Waals surface area (Å²) in [4.78, 5) is 28.3. The van der Waals surface area contributed by atoms with Crippen LogP contribution in [0.1, 0.15) is 25.8 Å². The van der Waals surface area contributed by atoms with Gasteiger partial charge >= 0.3 is 0 Å².